The summed E-state index contributed by atoms with van der Waals surface area (Å²) in [5, 5.41) is 0. The Labute approximate surface area is 81.4 Å². The number of hydrogen-bond donors (Lipinski definition) is 0. The molecule has 0 saturated heterocycles. The van der Waals surface area contributed by atoms with Crippen molar-refractivity contribution in [2.45, 2.75) is 32.7 Å². The molecule has 0 saturated carbocycles. The van der Waals surface area contributed by atoms with E-state index in [2.05, 4.69) is 0 Å². The van der Waals surface area contributed by atoms with Crippen LogP contribution in [0, 0.1) is 0 Å². The van der Waals surface area contributed by atoms with Crippen molar-refractivity contribution < 1.29 is 11.6 Å². The van der Waals surface area contributed by atoms with Gasteiger partial charge in [0, 0.05) is 6.85 Å². The Kier molecular flexibility index (Phi) is 1.73. The minimum Gasteiger partial charge on any atom is -0.490 e. The molecule has 0 amide bonds. The average molecular weight is 169 g/mol. The lowest BCUT2D eigenvalue weighted by Crippen LogP contribution is -2.13. The normalized spacial score (nSPS) is 20.9. The van der Waals surface area contributed by atoms with E-state index in [1.807, 2.05) is 6.07 Å². The van der Waals surface area contributed by atoms with Crippen molar-refractivity contribution >= 4 is 0 Å². The van der Waals surface area contributed by atoms with Crippen molar-refractivity contribution in [1.29, 1.82) is 0 Å². The van der Waals surface area contributed by atoms with Crippen LogP contribution in [-0.2, 0) is 0 Å². The second-order valence-corrected chi connectivity index (χ2v) is 2.47. The van der Waals surface area contributed by atoms with Crippen molar-refractivity contribution in [3.05, 3.63) is 30.3 Å². The van der Waals surface area contributed by atoms with Gasteiger partial charge in [-0.05, 0) is 24.9 Å². The highest BCUT2D eigenvalue weighted by Gasteiger charge is 2.03. The molecule has 1 atom stereocenters. The minimum absolute atomic E-state index is 0.292. The molecule has 0 N–H and O–H groups in total. The molecular weight excluding hydrogens is 148 g/mol. The van der Waals surface area contributed by atoms with E-state index in [-0.39, 0.29) is 0 Å². The third kappa shape index (κ3) is 2.57. The molecule has 66 valence electrons. The van der Waals surface area contributed by atoms with E-state index in [9.17, 15) is 0 Å². The van der Waals surface area contributed by atoms with Gasteiger partial charge in [-0.25, -0.2) is 0 Å². The fourth-order valence-corrected chi connectivity index (χ4v) is 0.878. The van der Waals surface area contributed by atoms with Crippen LogP contribution in [0.5, 0.6) is 5.75 Å². The van der Waals surface area contributed by atoms with E-state index in [4.69, 9.17) is 11.6 Å². The lowest BCUT2D eigenvalue weighted by atomic mass is 10.2. The Morgan fingerprint density at radius 1 is 1.50 bits per heavy atom. The number of para-hydroxylation sites is 1. The Hall–Kier alpha value is -0.980. The molecular formula is C11H16O. The standard InChI is InChI=1S/C11H16O/c1-3-10(4-2)12-11-8-6-5-7-9-11/h5-10H,3-4H2,1-2H3/i1D3,3D2. The van der Waals surface area contributed by atoms with Gasteiger partial charge in [0.25, 0.3) is 0 Å². The number of rotatable bonds is 4. The van der Waals surface area contributed by atoms with E-state index in [1.165, 1.54) is 0 Å². The fraction of sp³-hybridized carbons (Fsp3) is 0.455. The van der Waals surface area contributed by atoms with Crippen LogP contribution in [0.2, 0.25) is 0 Å². The molecule has 0 bridgehead atoms. The Balaban J connectivity index is 2.86. The molecule has 1 nitrogen and oxygen atoms in total. The van der Waals surface area contributed by atoms with Gasteiger partial charge in [-0.1, -0.05) is 32.0 Å². The first-order chi connectivity index (χ1) is 7.79. The number of ether oxygens (including phenoxy) is 1. The van der Waals surface area contributed by atoms with Gasteiger partial charge in [0.05, 0.1) is 6.10 Å². The van der Waals surface area contributed by atoms with Crippen molar-refractivity contribution in [3.63, 3.8) is 0 Å². The molecule has 0 heterocycles. The van der Waals surface area contributed by atoms with Crippen LogP contribution < -0.4 is 4.74 Å². The summed E-state index contributed by atoms with van der Waals surface area (Å²) in [6, 6.07) is 8.68. The van der Waals surface area contributed by atoms with E-state index < -0.39 is 19.3 Å². The Bertz CT molecular complexity index is 347. The third-order valence-corrected chi connectivity index (χ3v) is 1.55. The SMILES string of the molecule is [2H]C([2H])([2H])C([2H])([2H])C(CC)Oc1ccccc1. The summed E-state index contributed by atoms with van der Waals surface area (Å²) in [4.78, 5) is 0. The van der Waals surface area contributed by atoms with Gasteiger partial charge in [0.1, 0.15) is 5.75 Å². The van der Waals surface area contributed by atoms with Crippen LogP contribution in [0.25, 0.3) is 0 Å². The first kappa shape index (κ1) is 4.31. The maximum Gasteiger partial charge on any atom is 0.119 e. The van der Waals surface area contributed by atoms with Gasteiger partial charge in [0.2, 0.25) is 0 Å². The van der Waals surface area contributed by atoms with E-state index in [0.29, 0.717) is 12.2 Å². The van der Waals surface area contributed by atoms with Crippen LogP contribution in [-0.4, -0.2) is 6.10 Å². The van der Waals surface area contributed by atoms with Gasteiger partial charge >= 0.3 is 0 Å². The molecule has 0 aromatic heterocycles. The summed E-state index contributed by atoms with van der Waals surface area (Å²) in [5.41, 5.74) is 0. The molecule has 0 fully saturated rings. The van der Waals surface area contributed by atoms with Crippen LogP contribution in [0.3, 0.4) is 0 Å². The molecule has 1 aromatic carbocycles. The smallest absolute Gasteiger partial charge is 0.119 e. The summed E-state index contributed by atoms with van der Waals surface area (Å²) in [6.07, 6.45) is -3.06. The topological polar surface area (TPSA) is 9.23 Å². The second kappa shape index (κ2) is 4.81. The monoisotopic (exact) mass is 169 g/mol. The van der Waals surface area contributed by atoms with Crippen LogP contribution >= 0.6 is 0 Å². The first-order valence-corrected chi connectivity index (χ1v) is 4.00. The van der Waals surface area contributed by atoms with Crippen LogP contribution in [0.15, 0.2) is 30.3 Å². The Morgan fingerprint density at radius 3 is 2.83 bits per heavy atom. The maximum absolute atomic E-state index is 7.66. The molecule has 1 aromatic rings. The predicted molar refractivity (Wildman–Crippen MR) is 51.4 cm³/mol. The zero-order valence-electron chi connectivity index (χ0n) is 12.1. The van der Waals surface area contributed by atoms with Gasteiger partial charge < -0.3 is 4.74 Å². The van der Waals surface area contributed by atoms with E-state index >= 15 is 0 Å². The van der Waals surface area contributed by atoms with Crippen molar-refractivity contribution in [2.24, 2.45) is 0 Å². The Morgan fingerprint density at radius 2 is 2.25 bits per heavy atom. The molecule has 0 aliphatic rings. The van der Waals surface area contributed by atoms with Gasteiger partial charge in [-0.3, -0.25) is 0 Å². The highest BCUT2D eigenvalue weighted by molar-refractivity contribution is 5.21. The molecule has 0 aliphatic carbocycles. The third-order valence-electron chi connectivity index (χ3n) is 1.55. The molecule has 1 rings (SSSR count). The number of benzene rings is 1. The van der Waals surface area contributed by atoms with Gasteiger partial charge in [-0.15, -0.1) is 0 Å². The van der Waals surface area contributed by atoms with Crippen molar-refractivity contribution in [2.75, 3.05) is 0 Å². The summed E-state index contributed by atoms with van der Waals surface area (Å²) in [7, 11) is 0. The van der Waals surface area contributed by atoms with Crippen molar-refractivity contribution in [1.82, 2.24) is 0 Å². The highest BCUT2D eigenvalue weighted by atomic mass is 16.5. The summed E-state index contributed by atoms with van der Waals surface area (Å²) >= 11 is 0. The summed E-state index contributed by atoms with van der Waals surface area (Å²) in [5.74, 6) is 0.479. The van der Waals surface area contributed by atoms with Crippen LogP contribution in [0.1, 0.15) is 33.4 Å². The molecule has 1 unspecified atom stereocenters. The fourth-order valence-electron chi connectivity index (χ4n) is 0.878. The predicted octanol–water partition coefficient (Wildman–Crippen LogP) is 3.25. The molecule has 0 radical (unpaired) electrons. The van der Waals surface area contributed by atoms with Gasteiger partial charge in [-0.2, -0.15) is 0 Å². The van der Waals surface area contributed by atoms with Crippen molar-refractivity contribution in [3.8, 4) is 5.75 Å². The minimum atomic E-state index is -2.69. The van der Waals surface area contributed by atoms with E-state index in [0.717, 1.165) is 0 Å². The summed E-state index contributed by atoms with van der Waals surface area (Å²) < 4.78 is 42.4. The first-order valence-electron chi connectivity index (χ1n) is 6.50. The zero-order chi connectivity index (χ0) is 13.1. The average Bonchev–Trinajstić information content (AvgIpc) is 2.25. The highest BCUT2D eigenvalue weighted by Crippen LogP contribution is 2.13. The van der Waals surface area contributed by atoms with E-state index in [1.54, 1.807) is 31.2 Å². The van der Waals surface area contributed by atoms with Crippen LogP contribution in [0.4, 0.5) is 0 Å². The zero-order valence-corrected chi connectivity index (χ0v) is 7.08. The molecule has 0 aliphatic heterocycles. The maximum atomic E-state index is 7.66. The van der Waals surface area contributed by atoms with Gasteiger partial charge in [0.15, 0.2) is 0 Å². The summed E-state index contributed by atoms with van der Waals surface area (Å²) in [6.45, 7) is -0.986. The number of hydrogen-bond acceptors (Lipinski definition) is 1. The molecule has 12 heavy (non-hydrogen) atoms. The lowest BCUT2D eigenvalue weighted by Gasteiger charge is -2.14. The lowest BCUT2D eigenvalue weighted by molar-refractivity contribution is 0.193. The largest absolute Gasteiger partial charge is 0.490 e. The molecule has 0 spiro atoms. The second-order valence-electron chi connectivity index (χ2n) is 2.47. The quantitative estimate of drug-likeness (QED) is 0.672. The molecule has 1 heteroatoms.